The lowest BCUT2D eigenvalue weighted by molar-refractivity contribution is 0.0331. The quantitative estimate of drug-likeness (QED) is 0.741. The third kappa shape index (κ3) is 3.36. The molecule has 0 spiro atoms. The number of amides is 1. The first kappa shape index (κ1) is 15.9. The molecule has 1 unspecified atom stereocenters. The van der Waals surface area contributed by atoms with E-state index in [4.69, 9.17) is 4.42 Å². The largest absolute Gasteiger partial charge is 0.466 e. The molecule has 0 fully saturated rings. The van der Waals surface area contributed by atoms with E-state index < -0.39 is 5.60 Å². The fraction of sp³-hybridized carbons (Fsp3) is 0.250. The third-order valence-corrected chi connectivity index (χ3v) is 5.58. The molecule has 0 saturated heterocycles. The number of aromatic nitrogens is 1. The molecule has 3 heterocycles. The molecule has 1 atom stereocenters. The molecule has 23 heavy (non-hydrogen) atoms. The molecule has 0 bridgehead atoms. The molecule has 0 saturated carbocycles. The van der Waals surface area contributed by atoms with Gasteiger partial charge in [0.1, 0.15) is 21.2 Å². The normalized spacial score (nSPS) is 13.7. The zero-order valence-corrected chi connectivity index (χ0v) is 14.3. The van der Waals surface area contributed by atoms with Crippen LogP contribution in [0.3, 0.4) is 0 Å². The Bertz CT molecular complexity index is 790. The maximum Gasteiger partial charge on any atom is 0.263 e. The van der Waals surface area contributed by atoms with Crippen LogP contribution in [0.25, 0.3) is 9.88 Å². The number of furan rings is 1. The third-order valence-electron chi connectivity index (χ3n) is 3.38. The zero-order valence-electron chi connectivity index (χ0n) is 12.7. The number of carbonyl (C=O) groups is 1. The van der Waals surface area contributed by atoms with Gasteiger partial charge in [-0.05, 0) is 37.4 Å². The van der Waals surface area contributed by atoms with Gasteiger partial charge in [-0.1, -0.05) is 6.07 Å². The lowest BCUT2D eigenvalue weighted by Gasteiger charge is -2.20. The minimum absolute atomic E-state index is 0.0605. The molecular formula is C16H16N2O3S2. The average molecular weight is 348 g/mol. The van der Waals surface area contributed by atoms with Crippen LogP contribution in [0.5, 0.6) is 0 Å². The van der Waals surface area contributed by atoms with E-state index >= 15 is 0 Å². The second-order valence-electron chi connectivity index (χ2n) is 5.34. The lowest BCUT2D eigenvalue weighted by atomic mass is 10.0. The lowest BCUT2D eigenvalue weighted by Crippen LogP contribution is -2.38. The second kappa shape index (κ2) is 6.27. The van der Waals surface area contributed by atoms with Crippen molar-refractivity contribution in [1.82, 2.24) is 10.3 Å². The smallest absolute Gasteiger partial charge is 0.263 e. The average Bonchev–Trinajstić information content (AvgIpc) is 3.24. The molecule has 0 aliphatic carbocycles. The van der Waals surface area contributed by atoms with Crippen molar-refractivity contribution < 1.29 is 14.3 Å². The van der Waals surface area contributed by atoms with Crippen LogP contribution in [0.1, 0.15) is 28.0 Å². The van der Waals surface area contributed by atoms with E-state index in [1.807, 2.05) is 24.4 Å². The van der Waals surface area contributed by atoms with E-state index in [1.54, 1.807) is 30.4 Å². The number of hydrogen-bond donors (Lipinski definition) is 2. The number of aliphatic hydroxyl groups is 1. The Balaban J connectivity index is 1.72. The Morgan fingerprint density at radius 3 is 2.91 bits per heavy atom. The summed E-state index contributed by atoms with van der Waals surface area (Å²) in [6, 6.07) is 7.31. The summed E-state index contributed by atoms with van der Waals surface area (Å²) in [5.41, 5.74) is -0.567. The van der Waals surface area contributed by atoms with Gasteiger partial charge >= 0.3 is 0 Å². The highest BCUT2D eigenvalue weighted by Gasteiger charge is 2.27. The SMILES string of the molecule is Cc1nc(-c2cccs2)sc1C(=O)NCC(C)(O)c1ccco1. The van der Waals surface area contributed by atoms with Crippen LogP contribution in [0.4, 0.5) is 0 Å². The fourth-order valence-corrected chi connectivity index (χ4v) is 3.90. The van der Waals surface area contributed by atoms with Crippen molar-refractivity contribution in [1.29, 1.82) is 0 Å². The molecule has 0 aliphatic rings. The zero-order chi connectivity index (χ0) is 16.4. The molecule has 3 aromatic heterocycles. The van der Waals surface area contributed by atoms with Gasteiger partial charge in [0.05, 0.1) is 23.4 Å². The standard InChI is InChI=1S/C16H16N2O3S2/c1-10-13(23-15(18-10)11-5-4-8-22-11)14(19)17-9-16(2,20)12-6-3-7-21-12/h3-8,20H,9H2,1-2H3,(H,17,19). The predicted molar refractivity (Wildman–Crippen MR) is 90.8 cm³/mol. The van der Waals surface area contributed by atoms with Crippen LogP contribution >= 0.6 is 22.7 Å². The maximum atomic E-state index is 12.4. The number of aryl methyl sites for hydroxylation is 1. The molecule has 2 N–H and O–H groups in total. The minimum atomic E-state index is -1.26. The number of nitrogens with one attached hydrogen (secondary N) is 1. The highest BCUT2D eigenvalue weighted by atomic mass is 32.1. The van der Waals surface area contributed by atoms with Crippen LogP contribution in [-0.2, 0) is 5.60 Å². The Labute approximate surface area is 141 Å². The van der Waals surface area contributed by atoms with E-state index in [9.17, 15) is 9.90 Å². The van der Waals surface area contributed by atoms with Gasteiger partial charge in [0.15, 0.2) is 0 Å². The monoisotopic (exact) mass is 348 g/mol. The molecule has 0 radical (unpaired) electrons. The molecule has 5 nitrogen and oxygen atoms in total. The van der Waals surface area contributed by atoms with Crippen molar-refractivity contribution >= 4 is 28.6 Å². The summed E-state index contributed by atoms with van der Waals surface area (Å²) in [5.74, 6) is 0.174. The minimum Gasteiger partial charge on any atom is -0.466 e. The Morgan fingerprint density at radius 2 is 2.26 bits per heavy atom. The Morgan fingerprint density at radius 1 is 1.43 bits per heavy atom. The van der Waals surface area contributed by atoms with Crippen LogP contribution in [0.15, 0.2) is 40.3 Å². The van der Waals surface area contributed by atoms with E-state index in [0.29, 0.717) is 16.3 Å². The molecular weight excluding hydrogens is 332 g/mol. The van der Waals surface area contributed by atoms with Crippen molar-refractivity contribution in [3.05, 3.63) is 52.2 Å². The summed E-state index contributed by atoms with van der Waals surface area (Å²) in [6.45, 7) is 3.47. The molecule has 0 aliphatic heterocycles. The summed E-state index contributed by atoms with van der Waals surface area (Å²) >= 11 is 2.95. The van der Waals surface area contributed by atoms with E-state index in [2.05, 4.69) is 10.3 Å². The highest BCUT2D eigenvalue weighted by molar-refractivity contribution is 7.22. The predicted octanol–water partition coefficient (Wildman–Crippen LogP) is 3.41. The molecule has 0 aromatic carbocycles. The summed E-state index contributed by atoms with van der Waals surface area (Å²) in [5, 5.41) is 15.9. The fourth-order valence-electron chi connectivity index (χ4n) is 2.12. The topological polar surface area (TPSA) is 75.4 Å². The number of carbonyl (C=O) groups excluding carboxylic acids is 1. The molecule has 3 aromatic rings. The Hall–Kier alpha value is -1.96. The summed E-state index contributed by atoms with van der Waals surface area (Å²) in [6.07, 6.45) is 1.49. The molecule has 7 heteroatoms. The van der Waals surface area contributed by atoms with E-state index in [1.165, 1.54) is 17.6 Å². The summed E-state index contributed by atoms with van der Waals surface area (Å²) < 4.78 is 5.20. The van der Waals surface area contributed by atoms with Crippen molar-refractivity contribution in [2.24, 2.45) is 0 Å². The van der Waals surface area contributed by atoms with Crippen LogP contribution in [-0.4, -0.2) is 22.5 Å². The summed E-state index contributed by atoms with van der Waals surface area (Å²) in [7, 11) is 0. The first-order chi connectivity index (χ1) is 11.0. The van der Waals surface area contributed by atoms with Gasteiger partial charge in [-0.2, -0.15) is 0 Å². The molecule has 3 rings (SSSR count). The van der Waals surface area contributed by atoms with Crippen LogP contribution < -0.4 is 5.32 Å². The van der Waals surface area contributed by atoms with Gasteiger partial charge in [-0.25, -0.2) is 4.98 Å². The number of rotatable bonds is 5. The van der Waals surface area contributed by atoms with Gasteiger partial charge in [-0.15, -0.1) is 22.7 Å². The van der Waals surface area contributed by atoms with Crippen molar-refractivity contribution in [3.63, 3.8) is 0 Å². The molecule has 1 amide bonds. The first-order valence-electron chi connectivity index (χ1n) is 7.03. The second-order valence-corrected chi connectivity index (χ2v) is 7.29. The van der Waals surface area contributed by atoms with Crippen LogP contribution in [0, 0.1) is 6.92 Å². The van der Waals surface area contributed by atoms with Crippen molar-refractivity contribution in [3.8, 4) is 9.88 Å². The van der Waals surface area contributed by atoms with Crippen molar-refractivity contribution in [2.45, 2.75) is 19.4 Å². The van der Waals surface area contributed by atoms with E-state index in [0.717, 1.165) is 9.88 Å². The van der Waals surface area contributed by atoms with E-state index in [-0.39, 0.29) is 12.5 Å². The highest BCUT2D eigenvalue weighted by Crippen LogP contribution is 2.31. The Kier molecular flexibility index (Phi) is 4.34. The van der Waals surface area contributed by atoms with Crippen LogP contribution in [0.2, 0.25) is 0 Å². The first-order valence-corrected chi connectivity index (χ1v) is 8.73. The van der Waals surface area contributed by atoms with Gasteiger partial charge < -0.3 is 14.8 Å². The number of hydrogen-bond acceptors (Lipinski definition) is 6. The maximum absolute atomic E-state index is 12.4. The van der Waals surface area contributed by atoms with Gasteiger partial charge in [0.2, 0.25) is 0 Å². The van der Waals surface area contributed by atoms with Gasteiger partial charge in [0.25, 0.3) is 5.91 Å². The number of thiophene rings is 1. The van der Waals surface area contributed by atoms with Gasteiger partial charge in [0, 0.05) is 0 Å². The molecule has 120 valence electrons. The summed E-state index contributed by atoms with van der Waals surface area (Å²) in [4.78, 5) is 18.4. The number of thiazole rings is 1. The number of nitrogens with zero attached hydrogens (tertiary/aromatic N) is 1. The van der Waals surface area contributed by atoms with Crippen molar-refractivity contribution in [2.75, 3.05) is 6.54 Å². The van der Waals surface area contributed by atoms with Gasteiger partial charge in [-0.3, -0.25) is 4.79 Å².